The molecule has 2 aromatic heterocycles. The molecule has 182 valence electrons. The maximum atomic E-state index is 13.2. The molecular weight excluding hydrogens is 496 g/mol. The molecule has 0 spiro atoms. The van der Waals surface area contributed by atoms with Crippen molar-refractivity contribution in [2.45, 2.75) is 32.2 Å². The molecule has 5 rings (SSSR count). The first-order chi connectivity index (χ1) is 17.5. The Hall–Kier alpha value is -3.68. The van der Waals surface area contributed by atoms with Crippen LogP contribution in [0.15, 0.2) is 70.1 Å². The molecule has 0 aliphatic heterocycles. The Labute approximate surface area is 217 Å². The number of nitrogens with zero attached hydrogens (tertiary/aromatic N) is 1. The van der Waals surface area contributed by atoms with Gasteiger partial charge in [0.1, 0.15) is 16.5 Å². The Morgan fingerprint density at radius 1 is 1.08 bits per heavy atom. The molecule has 0 saturated carbocycles. The van der Waals surface area contributed by atoms with E-state index < -0.39 is 5.97 Å². The molecule has 0 bridgehead atoms. The lowest BCUT2D eigenvalue weighted by Gasteiger charge is -2.12. The zero-order valence-electron chi connectivity index (χ0n) is 19.3. The van der Waals surface area contributed by atoms with Crippen LogP contribution in [-0.4, -0.2) is 23.2 Å². The maximum absolute atomic E-state index is 13.2. The number of aryl methyl sites for hydroxylation is 1. The van der Waals surface area contributed by atoms with Gasteiger partial charge in [-0.1, -0.05) is 41.9 Å². The molecule has 0 atom stereocenters. The highest BCUT2D eigenvalue weighted by Crippen LogP contribution is 2.40. The van der Waals surface area contributed by atoms with Crippen LogP contribution in [0.4, 0.5) is 5.00 Å². The number of rotatable bonds is 7. The van der Waals surface area contributed by atoms with Gasteiger partial charge in [-0.3, -0.25) is 4.79 Å². The van der Waals surface area contributed by atoms with Crippen LogP contribution in [0, 0.1) is 0 Å². The van der Waals surface area contributed by atoms with E-state index in [-0.39, 0.29) is 16.5 Å². The van der Waals surface area contributed by atoms with E-state index in [2.05, 4.69) is 10.3 Å². The molecule has 6 nitrogen and oxygen atoms in total. The van der Waals surface area contributed by atoms with Gasteiger partial charge < -0.3 is 14.8 Å². The van der Waals surface area contributed by atoms with Gasteiger partial charge in [-0.25, -0.2) is 9.79 Å². The van der Waals surface area contributed by atoms with Crippen LogP contribution in [-0.2, 0) is 19.4 Å². The van der Waals surface area contributed by atoms with E-state index in [1.54, 1.807) is 35.8 Å². The number of halogens is 1. The van der Waals surface area contributed by atoms with E-state index in [4.69, 9.17) is 16.0 Å². The molecule has 1 aliphatic rings. The van der Waals surface area contributed by atoms with Crippen molar-refractivity contribution >= 4 is 46.0 Å². The molecule has 0 radical (unpaired) electrons. The molecule has 2 N–H and O–H groups in total. The Morgan fingerprint density at radius 2 is 1.89 bits per heavy atom. The molecular formula is C28H23ClN2O4S. The van der Waals surface area contributed by atoms with E-state index in [1.165, 1.54) is 17.0 Å². The number of carboxylic acid groups (broad SMARTS) is 1. The molecule has 0 fully saturated rings. The monoisotopic (exact) mass is 518 g/mol. The van der Waals surface area contributed by atoms with E-state index >= 15 is 0 Å². The number of hydrogen-bond donors (Lipinski definition) is 2. The van der Waals surface area contributed by atoms with Crippen molar-refractivity contribution in [3.05, 3.63) is 98.6 Å². The number of hydrogen-bond acceptors (Lipinski definition) is 5. The topological polar surface area (TPSA) is 91.9 Å². The van der Waals surface area contributed by atoms with Crippen molar-refractivity contribution in [1.29, 1.82) is 0 Å². The van der Waals surface area contributed by atoms with Crippen molar-refractivity contribution < 1.29 is 19.1 Å². The molecule has 1 amide bonds. The first kappa shape index (κ1) is 24.0. The van der Waals surface area contributed by atoms with Crippen LogP contribution in [0.1, 0.15) is 55.3 Å². The third kappa shape index (κ3) is 5.12. The predicted molar refractivity (Wildman–Crippen MR) is 142 cm³/mol. The zero-order valence-corrected chi connectivity index (χ0v) is 20.9. The summed E-state index contributed by atoms with van der Waals surface area (Å²) in [4.78, 5) is 30.5. The second kappa shape index (κ2) is 10.5. The second-order valence-corrected chi connectivity index (χ2v) is 10.0. The van der Waals surface area contributed by atoms with Gasteiger partial charge in [0, 0.05) is 17.0 Å². The van der Waals surface area contributed by atoms with Gasteiger partial charge in [-0.05, 0) is 67.1 Å². The van der Waals surface area contributed by atoms with E-state index in [0.717, 1.165) is 36.8 Å². The van der Waals surface area contributed by atoms with Crippen molar-refractivity contribution in [2.24, 2.45) is 4.99 Å². The molecule has 8 heteroatoms. The first-order valence-electron chi connectivity index (χ1n) is 11.6. The number of benzene rings is 2. The SMILES string of the molecule is O=C(O)c1cc(-c2ccc(C=Nc3sc4c(c3C(=O)NCc3ccccc3)CCCC4)o2)ccc1Cl. The van der Waals surface area contributed by atoms with E-state index in [1.807, 2.05) is 30.3 Å². The quantitative estimate of drug-likeness (QED) is 0.260. The summed E-state index contributed by atoms with van der Waals surface area (Å²) in [5.74, 6) is -0.219. The summed E-state index contributed by atoms with van der Waals surface area (Å²) < 4.78 is 5.89. The summed E-state index contributed by atoms with van der Waals surface area (Å²) in [6.45, 7) is 0.453. The molecule has 0 unspecified atom stereocenters. The molecule has 36 heavy (non-hydrogen) atoms. The Bertz CT molecular complexity index is 1460. The highest BCUT2D eigenvalue weighted by Gasteiger charge is 2.25. The zero-order chi connectivity index (χ0) is 25.1. The maximum Gasteiger partial charge on any atom is 0.337 e. The highest BCUT2D eigenvalue weighted by atomic mass is 35.5. The van der Waals surface area contributed by atoms with Crippen molar-refractivity contribution in [3.8, 4) is 11.3 Å². The average Bonchev–Trinajstić information content (AvgIpc) is 3.51. The van der Waals surface area contributed by atoms with Crippen molar-refractivity contribution in [3.63, 3.8) is 0 Å². The predicted octanol–water partition coefficient (Wildman–Crippen LogP) is 6.92. The van der Waals surface area contributed by atoms with Crippen LogP contribution >= 0.6 is 22.9 Å². The molecule has 1 aliphatic carbocycles. The standard InChI is InChI=1S/C28H23ClN2O4S/c29-22-12-10-18(14-21(22)28(33)34)23-13-11-19(35-23)16-31-27-25(20-8-4-5-9-24(20)36-27)26(32)30-15-17-6-2-1-3-7-17/h1-3,6-7,10-14,16H,4-5,8-9,15H2,(H,30,32)(H,33,34). The van der Waals surface area contributed by atoms with Gasteiger partial charge in [0.2, 0.25) is 0 Å². The summed E-state index contributed by atoms with van der Waals surface area (Å²) >= 11 is 7.54. The van der Waals surface area contributed by atoms with E-state index in [9.17, 15) is 14.7 Å². The van der Waals surface area contributed by atoms with Gasteiger partial charge in [-0.2, -0.15) is 0 Å². The average molecular weight is 519 g/mol. The van der Waals surface area contributed by atoms with Crippen LogP contribution in [0.2, 0.25) is 5.02 Å². The van der Waals surface area contributed by atoms with Gasteiger partial charge in [0.15, 0.2) is 0 Å². The number of carbonyl (C=O) groups excluding carboxylic acids is 1. The number of fused-ring (bicyclic) bond motifs is 1. The fourth-order valence-corrected chi connectivity index (χ4v) is 5.71. The summed E-state index contributed by atoms with van der Waals surface area (Å²) in [6, 6.07) is 18.1. The van der Waals surface area contributed by atoms with Gasteiger partial charge in [0.05, 0.1) is 22.4 Å². The summed E-state index contributed by atoms with van der Waals surface area (Å²) in [5.41, 5.74) is 3.40. The lowest BCUT2D eigenvalue weighted by atomic mass is 9.95. The van der Waals surface area contributed by atoms with Crippen molar-refractivity contribution in [2.75, 3.05) is 0 Å². The first-order valence-corrected chi connectivity index (χ1v) is 12.8. The van der Waals surface area contributed by atoms with Crippen LogP contribution in [0.25, 0.3) is 11.3 Å². The third-order valence-corrected chi connectivity index (χ3v) is 7.62. The number of aromatic carboxylic acids is 1. The lowest BCUT2D eigenvalue weighted by Crippen LogP contribution is -2.24. The van der Waals surface area contributed by atoms with Gasteiger partial charge >= 0.3 is 5.97 Å². The van der Waals surface area contributed by atoms with Crippen LogP contribution in [0.3, 0.4) is 0 Å². The minimum atomic E-state index is -1.10. The fourth-order valence-electron chi connectivity index (χ4n) is 4.29. The summed E-state index contributed by atoms with van der Waals surface area (Å²) in [7, 11) is 0. The number of thiophene rings is 1. The number of amides is 1. The lowest BCUT2D eigenvalue weighted by molar-refractivity contribution is 0.0697. The Balaban J connectivity index is 1.39. The smallest absolute Gasteiger partial charge is 0.337 e. The van der Waals surface area contributed by atoms with Crippen molar-refractivity contribution in [1.82, 2.24) is 5.32 Å². The van der Waals surface area contributed by atoms with Gasteiger partial charge in [0.25, 0.3) is 5.91 Å². The fraction of sp³-hybridized carbons (Fsp3) is 0.179. The van der Waals surface area contributed by atoms with E-state index in [0.29, 0.717) is 34.2 Å². The number of furan rings is 1. The number of carbonyl (C=O) groups is 2. The Morgan fingerprint density at radius 3 is 2.69 bits per heavy atom. The Kier molecular flexibility index (Phi) is 7.02. The minimum absolute atomic E-state index is 0.0103. The molecule has 2 aromatic carbocycles. The van der Waals surface area contributed by atoms with Crippen LogP contribution < -0.4 is 5.32 Å². The highest BCUT2D eigenvalue weighted by molar-refractivity contribution is 7.16. The molecule has 0 saturated heterocycles. The largest absolute Gasteiger partial charge is 0.478 e. The second-order valence-electron chi connectivity index (χ2n) is 8.52. The number of aliphatic imine (C=N–C) groups is 1. The minimum Gasteiger partial charge on any atom is -0.478 e. The molecule has 4 aromatic rings. The van der Waals surface area contributed by atoms with Crippen LogP contribution in [0.5, 0.6) is 0 Å². The third-order valence-electron chi connectivity index (χ3n) is 6.09. The summed E-state index contributed by atoms with van der Waals surface area (Å²) in [5, 5.41) is 13.2. The summed E-state index contributed by atoms with van der Waals surface area (Å²) in [6.07, 6.45) is 5.61. The van der Waals surface area contributed by atoms with Gasteiger partial charge in [-0.15, -0.1) is 11.3 Å². The number of carboxylic acids is 1. The number of nitrogens with one attached hydrogen (secondary N) is 1. The normalized spacial score (nSPS) is 13.0. The molecule has 2 heterocycles.